The molecule has 0 atom stereocenters. The van der Waals surface area contributed by atoms with Gasteiger partial charge in [-0.3, -0.25) is 0 Å². The minimum Gasteiger partial charge on any atom is -0.494 e. The summed E-state index contributed by atoms with van der Waals surface area (Å²) in [5.41, 5.74) is 0.862. The third-order valence-corrected chi connectivity index (χ3v) is 5.26. The molecule has 1 aliphatic rings. The number of ether oxygens (including phenoxy) is 2. The van der Waals surface area contributed by atoms with Crippen LogP contribution < -0.4 is 9.64 Å². The molecule has 3 aromatic rings. The van der Waals surface area contributed by atoms with Gasteiger partial charge in [0, 0.05) is 0 Å². The monoisotopic (exact) mass is 408 g/mol. The molecule has 1 aliphatic heterocycles. The molecule has 3 heterocycles. The van der Waals surface area contributed by atoms with E-state index in [0.717, 1.165) is 21.1 Å². The molecular formula is C16H13BrN2O4S. The maximum Gasteiger partial charge on any atom is 0.374 e. The van der Waals surface area contributed by atoms with Crippen molar-refractivity contribution in [3.8, 4) is 5.75 Å². The summed E-state index contributed by atoms with van der Waals surface area (Å²) in [6.45, 7) is 1.24. The van der Waals surface area contributed by atoms with E-state index in [-0.39, 0.29) is 11.9 Å². The number of nitrogens with zero attached hydrogens (tertiary/aromatic N) is 2. The van der Waals surface area contributed by atoms with Gasteiger partial charge in [-0.2, -0.15) is 0 Å². The van der Waals surface area contributed by atoms with E-state index in [1.807, 2.05) is 18.2 Å². The molecule has 0 radical (unpaired) electrons. The zero-order valence-electron chi connectivity index (χ0n) is 12.7. The number of hydrogen-bond acceptors (Lipinski definition) is 7. The van der Waals surface area contributed by atoms with Crippen LogP contribution in [0.3, 0.4) is 0 Å². The summed E-state index contributed by atoms with van der Waals surface area (Å²) in [6.07, 6.45) is -0.157. The highest BCUT2D eigenvalue weighted by Crippen LogP contribution is 2.36. The molecule has 24 heavy (non-hydrogen) atoms. The van der Waals surface area contributed by atoms with Crippen LogP contribution in [-0.2, 0) is 4.74 Å². The molecule has 1 aromatic carbocycles. The molecule has 1 saturated heterocycles. The van der Waals surface area contributed by atoms with Crippen LogP contribution in [0.2, 0.25) is 0 Å². The highest BCUT2D eigenvalue weighted by molar-refractivity contribution is 9.10. The van der Waals surface area contributed by atoms with Gasteiger partial charge in [-0.05, 0) is 40.2 Å². The number of carbonyl (C=O) groups excluding carboxylic acids is 1. The largest absolute Gasteiger partial charge is 0.494 e. The summed E-state index contributed by atoms with van der Waals surface area (Å²) in [5, 5.41) is 0.905. The van der Waals surface area contributed by atoms with Crippen molar-refractivity contribution in [2.75, 3.05) is 25.1 Å². The molecule has 0 saturated carbocycles. The molecule has 1 fully saturated rings. The number of carbonyl (C=O) groups is 1. The van der Waals surface area contributed by atoms with Crippen molar-refractivity contribution in [1.29, 1.82) is 0 Å². The average Bonchev–Trinajstić information content (AvgIpc) is 3.15. The number of fused-ring (bicyclic) bond motifs is 1. The molecule has 6 nitrogen and oxygen atoms in total. The Kier molecular flexibility index (Phi) is 3.93. The number of rotatable bonds is 4. The molecule has 8 heteroatoms. The molecule has 4 rings (SSSR count). The number of benzene rings is 1. The number of anilines is 1. The van der Waals surface area contributed by atoms with E-state index in [0.29, 0.717) is 17.8 Å². The Hall–Kier alpha value is -2.06. The van der Waals surface area contributed by atoms with Crippen molar-refractivity contribution < 1.29 is 18.7 Å². The number of esters is 1. The zero-order chi connectivity index (χ0) is 16.7. The first-order valence-corrected chi connectivity index (χ1v) is 8.90. The predicted octanol–water partition coefficient (Wildman–Crippen LogP) is 3.71. The van der Waals surface area contributed by atoms with Crippen molar-refractivity contribution in [2.24, 2.45) is 0 Å². The third kappa shape index (κ3) is 2.76. The van der Waals surface area contributed by atoms with Crippen molar-refractivity contribution >= 4 is 48.6 Å². The summed E-state index contributed by atoms with van der Waals surface area (Å²) >= 11 is 4.77. The number of para-hydroxylation sites is 1. The van der Waals surface area contributed by atoms with Crippen LogP contribution in [0.4, 0.5) is 5.13 Å². The van der Waals surface area contributed by atoms with E-state index in [1.54, 1.807) is 30.6 Å². The van der Waals surface area contributed by atoms with Gasteiger partial charge >= 0.3 is 5.97 Å². The quantitative estimate of drug-likeness (QED) is 0.613. The molecular weight excluding hydrogens is 396 g/mol. The number of aromatic nitrogens is 1. The summed E-state index contributed by atoms with van der Waals surface area (Å²) in [6, 6.07) is 9.12. The van der Waals surface area contributed by atoms with Gasteiger partial charge in [0.05, 0.1) is 24.9 Å². The Bertz CT molecular complexity index is 901. The number of methoxy groups -OCH3 is 1. The minimum absolute atomic E-state index is 0.157. The Morgan fingerprint density at radius 1 is 1.38 bits per heavy atom. The van der Waals surface area contributed by atoms with E-state index in [4.69, 9.17) is 13.9 Å². The lowest BCUT2D eigenvalue weighted by Gasteiger charge is -2.37. The van der Waals surface area contributed by atoms with E-state index >= 15 is 0 Å². The maximum absolute atomic E-state index is 11.9. The molecule has 0 N–H and O–H groups in total. The molecule has 0 aliphatic carbocycles. The fourth-order valence-electron chi connectivity index (χ4n) is 2.51. The second-order valence-electron chi connectivity index (χ2n) is 5.34. The Balaban J connectivity index is 1.41. The van der Waals surface area contributed by atoms with Gasteiger partial charge in [-0.1, -0.05) is 17.4 Å². The number of thiazole rings is 1. The summed E-state index contributed by atoms with van der Waals surface area (Å²) in [7, 11) is 1.64. The van der Waals surface area contributed by atoms with Crippen LogP contribution in [0.1, 0.15) is 10.6 Å². The fourth-order valence-corrected chi connectivity index (χ4v) is 3.82. The van der Waals surface area contributed by atoms with Crippen molar-refractivity contribution in [2.45, 2.75) is 6.10 Å². The number of halogens is 1. The van der Waals surface area contributed by atoms with Gasteiger partial charge < -0.3 is 18.8 Å². The summed E-state index contributed by atoms with van der Waals surface area (Å²) in [4.78, 5) is 18.7. The normalized spacial score (nSPS) is 14.7. The van der Waals surface area contributed by atoms with E-state index in [2.05, 4.69) is 25.8 Å². The molecule has 0 unspecified atom stereocenters. The lowest BCUT2D eigenvalue weighted by Crippen LogP contribution is -2.53. The van der Waals surface area contributed by atoms with Crippen molar-refractivity contribution in [3.05, 3.63) is 40.8 Å². The highest BCUT2D eigenvalue weighted by Gasteiger charge is 2.33. The smallest absolute Gasteiger partial charge is 0.374 e. The second-order valence-corrected chi connectivity index (χ2v) is 7.13. The lowest BCUT2D eigenvalue weighted by molar-refractivity contribution is 0.0198. The van der Waals surface area contributed by atoms with Gasteiger partial charge in [-0.25, -0.2) is 9.78 Å². The first-order valence-electron chi connectivity index (χ1n) is 7.29. The highest BCUT2D eigenvalue weighted by atomic mass is 79.9. The van der Waals surface area contributed by atoms with Gasteiger partial charge in [-0.15, -0.1) is 0 Å². The number of furan rings is 1. The van der Waals surface area contributed by atoms with Crippen LogP contribution in [-0.4, -0.2) is 37.3 Å². The van der Waals surface area contributed by atoms with Gasteiger partial charge in [0.25, 0.3) is 0 Å². The van der Waals surface area contributed by atoms with E-state index in [1.165, 1.54) is 0 Å². The predicted molar refractivity (Wildman–Crippen MR) is 94.0 cm³/mol. The lowest BCUT2D eigenvalue weighted by atomic mass is 10.2. The topological polar surface area (TPSA) is 64.8 Å². The summed E-state index contributed by atoms with van der Waals surface area (Å²) in [5.74, 6) is 0.517. The van der Waals surface area contributed by atoms with E-state index < -0.39 is 5.97 Å². The molecule has 0 spiro atoms. The van der Waals surface area contributed by atoms with Crippen molar-refractivity contribution in [1.82, 2.24) is 4.98 Å². The first-order chi connectivity index (χ1) is 11.6. The van der Waals surface area contributed by atoms with Crippen LogP contribution in [0.25, 0.3) is 10.2 Å². The van der Waals surface area contributed by atoms with Crippen molar-refractivity contribution in [3.63, 3.8) is 0 Å². The second kappa shape index (κ2) is 6.10. The van der Waals surface area contributed by atoms with Crippen LogP contribution >= 0.6 is 27.3 Å². The zero-order valence-corrected chi connectivity index (χ0v) is 15.1. The van der Waals surface area contributed by atoms with Gasteiger partial charge in [0.1, 0.15) is 17.4 Å². The first kappa shape index (κ1) is 15.5. The molecule has 0 amide bonds. The van der Waals surface area contributed by atoms with Crippen LogP contribution in [0.15, 0.2) is 39.4 Å². The molecule has 0 bridgehead atoms. The standard InChI is InChI=1S/C16H13BrN2O4S/c1-21-10-3-2-4-12-14(10)18-16(24-12)19-7-9(8-19)22-15(20)11-5-6-13(17)23-11/h2-6,9H,7-8H2,1H3. The van der Waals surface area contributed by atoms with Gasteiger partial charge in [0.15, 0.2) is 9.80 Å². The van der Waals surface area contributed by atoms with Crippen LogP contribution in [0.5, 0.6) is 5.75 Å². The fraction of sp³-hybridized carbons (Fsp3) is 0.250. The third-order valence-electron chi connectivity index (χ3n) is 3.76. The van der Waals surface area contributed by atoms with Crippen LogP contribution in [0, 0.1) is 0 Å². The Morgan fingerprint density at radius 3 is 2.92 bits per heavy atom. The molecule has 2 aromatic heterocycles. The minimum atomic E-state index is -0.448. The summed E-state index contributed by atoms with van der Waals surface area (Å²) < 4.78 is 17.5. The van der Waals surface area contributed by atoms with E-state index in [9.17, 15) is 4.79 Å². The Morgan fingerprint density at radius 2 is 2.21 bits per heavy atom. The maximum atomic E-state index is 11.9. The SMILES string of the molecule is COc1cccc2sc(N3CC(OC(=O)c4ccc(Br)o4)C3)nc12. The molecule has 124 valence electrons. The van der Waals surface area contributed by atoms with Gasteiger partial charge in [0.2, 0.25) is 5.76 Å². The average molecular weight is 409 g/mol. The number of hydrogen-bond donors (Lipinski definition) is 0. The Labute approximate surface area is 150 Å².